The van der Waals surface area contributed by atoms with E-state index in [9.17, 15) is 20.1 Å². The molecule has 0 aromatic rings. The Morgan fingerprint density at radius 1 is 0.462 bits per heavy atom. The Morgan fingerprint density at radius 2 is 0.769 bits per heavy atom. The molecule has 0 saturated heterocycles. The highest BCUT2D eigenvalue weighted by atomic mass is 16.3. The molecule has 5 nitrogen and oxygen atoms in total. The highest BCUT2D eigenvalue weighted by Crippen LogP contribution is 2.17. The van der Waals surface area contributed by atoms with Crippen LogP contribution in [0.25, 0.3) is 0 Å². The molecule has 3 atom stereocenters. The maximum atomic E-state index is 12.4. The Labute approximate surface area is 325 Å². The zero-order valence-electron chi connectivity index (χ0n) is 35.2. The first kappa shape index (κ1) is 51.1. The first-order chi connectivity index (χ1) is 25.6. The monoisotopic (exact) mass is 736 g/mol. The third-order valence-electron chi connectivity index (χ3n) is 11.1. The summed E-state index contributed by atoms with van der Waals surface area (Å²) in [5.74, 6) is -0.149. The third kappa shape index (κ3) is 37.4. The lowest BCUT2D eigenvalue weighted by Crippen LogP contribution is -2.50. The van der Waals surface area contributed by atoms with Gasteiger partial charge in [0, 0.05) is 6.42 Å². The molecule has 0 aromatic heterocycles. The smallest absolute Gasteiger partial charge is 0.220 e. The van der Waals surface area contributed by atoms with Crippen LogP contribution in [0, 0.1) is 0 Å². The number of aliphatic hydroxyl groups is 3. The highest BCUT2D eigenvalue weighted by molar-refractivity contribution is 5.76. The van der Waals surface area contributed by atoms with Gasteiger partial charge in [0.1, 0.15) is 6.10 Å². The van der Waals surface area contributed by atoms with E-state index in [1.807, 2.05) is 0 Å². The van der Waals surface area contributed by atoms with Crippen molar-refractivity contribution in [2.24, 2.45) is 0 Å². The Balaban J connectivity index is 3.58. The van der Waals surface area contributed by atoms with Crippen molar-refractivity contribution in [3.8, 4) is 0 Å². The van der Waals surface area contributed by atoms with Crippen LogP contribution in [0.2, 0.25) is 0 Å². The van der Waals surface area contributed by atoms with Gasteiger partial charge in [-0.2, -0.15) is 0 Å². The van der Waals surface area contributed by atoms with Crippen molar-refractivity contribution in [1.29, 1.82) is 0 Å². The SMILES string of the molecule is CCCCCCCCCCCC/C=C/CCCC(O)C(O)C(CO)NC(=O)CCCCCCCCCCCCCCCCCCCCCCCCC. The fourth-order valence-corrected chi connectivity index (χ4v) is 7.46. The summed E-state index contributed by atoms with van der Waals surface area (Å²) in [7, 11) is 0. The van der Waals surface area contributed by atoms with Gasteiger partial charge in [-0.3, -0.25) is 4.79 Å². The van der Waals surface area contributed by atoms with Gasteiger partial charge in [-0.15, -0.1) is 0 Å². The second kappa shape index (κ2) is 42.8. The molecule has 0 rings (SSSR count). The van der Waals surface area contributed by atoms with Gasteiger partial charge in [0.15, 0.2) is 0 Å². The van der Waals surface area contributed by atoms with E-state index >= 15 is 0 Å². The van der Waals surface area contributed by atoms with Crippen LogP contribution in [0.5, 0.6) is 0 Å². The van der Waals surface area contributed by atoms with Crippen LogP contribution in [-0.2, 0) is 4.79 Å². The van der Waals surface area contributed by atoms with Crippen LogP contribution >= 0.6 is 0 Å². The fourth-order valence-electron chi connectivity index (χ4n) is 7.46. The van der Waals surface area contributed by atoms with Crippen LogP contribution in [0.1, 0.15) is 258 Å². The summed E-state index contributed by atoms with van der Waals surface area (Å²) in [6.45, 7) is 4.18. The van der Waals surface area contributed by atoms with Crippen LogP contribution in [0.15, 0.2) is 12.2 Å². The van der Waals surface area contributed by atoms with Crippen LogP contribution in [-0.4, -0.2) is 46.1 Å². The number of aliphatic hydroxyl groups excluding tert-OH is 3. The maximum absolute atomic E-state index is 12.4. The van der Waals surface area contributed by atoms with Crippen molar-refractivity contribution in [1.82, 2.24) is 5.32 Å². The van der Waals surface area contributed by atoms with Gasteiger partial charge in [0.25, 0.3) is 0 Å². The van der Waals surface area contributed by atoms with Gasteiger partial charge in [0.2, 0.25) is 5.91 Å². The van der Waals surface area contributed by atoms with E-state index in [0.29, 0.717) is 12.8 Å². The lowest BCUT2D eigenvalue weighted by Gasteiger charge is -2.26. The van der Waals surface area contributed by atoms with Crippen molar-refractivity contribution in [2.45, 2.75) is 276 Å². The predicted octanol–water partition coefficient (Wildman–Crippen LogP) is 13.6. The molecule has 0 radical (unpaired) electrons. The molecule has 310 valence electrons. The van der Waals surface area contributed by atoms with Crippen molar-refractivity contribution < 1.29 is 20.1 Å². The van der Waals surface area contributed by atoms with E-state index in [1.165, 1.54) is 193 Å². The van der Waals surface area contributed by atoms with Crippen molar-refractivity contribution in [3.05, 3.63) is 12.2 Å². The Bertz CT molecular complexity index is 728. The minimum Gasteiger partial charge on any atom is -0.394 e. The van der Waals surface area contributed by atoms with Gasteiger partial charge >= 0.3 is 0 Å². The summed E-state index contributed by atoms with van der Waals surface area (Å²) in [5.41, 5.74) is 0. The zero-order chi connectivity index (χ0) is 38.0. The van der Waals surface area contributed by atoms with E-state index in [2.05, 4.69) is 31.3 Å². The lowest BCUT2D eigenvalue weighted by molar-refractivity contribution is -0.124. The fraction of sp³-hybridized carbons (Fsp3) is 0.936. The molecule has 1 amide bonds. The third-order valence-corrected chi connectivity index (χ3v) is 11.1. The summed E-state index contributed by atoms with van der Waals surface area (Å²) in [5, 5.41) is 33.5. The van der Waals surface area contributed by atoms with E-state index in [-0.39, 0.29) is 12.5 Å². The second-order valence-corrected chi connectivity index (χ2v) is 16.3. The molecule has 0 aliphatic carbocycles. The molecule has 0 saturated carbocycles. The normalized spacial score (nSPS) is 13.6. The minimum atomic E-state index is -1.15. The number of nitrogens with one attached hydrogen (secondary N) is 1. The molecule has 0 aliphatic heterocycles. The number of allylic oxidation sites excluding steroid dienone is 2. The Morgan fingerprint density at radius 3 is 1.12 bits per heavy atom. The van der Waals surface area contributed by atoms with Crippen molar-refractivity contribution >= 4 is 5.91 Å². The zero-order valence-corrected chi connectivity index (χ0v) is 35.2. The first-order valence-electron chi connectivity index (χ1n) is 23.5. The average molecular weight is 736 g/mol. The average Bonchev–Trinajstić information content (AvgIpc) is 3.15. The number of carbonyl (C=O) groups is 1. The molecule has 52 heavy (non-hydrogen) atoms. The van der Waals surface area contributed by atoms with E-state index in [1.54, 1.807) is 0 Å². The van der Waals surface area contributed by atoms with E-state index in [4.69, 9.17) is 0 Å². The molecule has 0 aromatic carbocycles. The summed E-state index contributed by atoms with van der Waals surface area (Å²) >= 11 is 0. The summed E-state index contributed by atoms with van der Waals surface area (Å²) in [6.07, 6.45) is 50.5. The topological polar surface area (TPSA) is 89.8 Å². The largest absolute Gasteiger partial charge is 0.394 e. The molecule has 0 aliphatic rings. The Hall–Kier alpha value is -0.910. The number of rotatable bonds is 43. The highest BCUT2D eigenvalue weighted by Gasteiger charge is 2.26. The standard InChI is InChI=1S/C47H93NO4/c1-3-5-7-9-11-13-15-17-19-20-21-22-23-24-25-26-28-30-32-34-36-38-40-42-46(51)48-44(43-49)47(52)45(50)41-39-37-35-33-31-29-27-18-16-14-12-10-8-6-4-2/h33,35,44-45,47,49-50,52H,3-32,34,36-43H2,1-2H3,(H,48,51)/b35-33+. The first-order valence-corrected chi connectivity index (χ1v) is 23.5. The van der Waals surface area contributed by atoms with Crippen LogP contribution < -0.4 is 5.32 Å². The molecule has 3 unspecified atom stereocenters. The summed E-state index contributed by atoms with van der Waals surface area (Å²) in [6, 6.07) is -0.820. The molecular weight excluding hydrogens is 643 g/mol. The van der Waals surface area contributed by atoms with Crippen LogP contribution in [0.4, 0.5) is 0 Å². The number of carbonyl (C=O) groups excluding carboxylic acids is 1. The second-order valence-electron chi connectivity index (χ2n) is 16.3. The van der Waals surface area contributed by atoms with Gasteiger partial charge < -0.3 is 20.6 Å². The quantitative estimate of drug-likeness (QED) is 0.0371. The lowest BCUT2D eigenvalue weighted by atomic mass is 10.0. The van der Waals surface area contributed by atoms with Crippen molar-refractivity contribution in [2.75, 3.05) is 6.61 Å². The van der Waals surface area contributed by atoms with Gasteiger partial charge in [-0.1, -0.05) is 225 Å². The molecule has 0 bridgehead atoms. The van der Waals surface area contributed by atoms with Crippen LogP contribution in [0.3, 0.4) is 0 Å². The van der Waals surface area contributed by atoms with E-state index < -0.39 is 18.2 Å². The van der Waals surface area contributed by atoms with Gasteiger partial charge in [0.05, 0.1) is 18.8 Å². The number of unbranched alkanes of at least 4 members (excludes halogenated alkanes) is 33. The minimum absolute atomic E-state index is 0.149. The molecule has 4 N–H and O–H groups in total. The molecular formula is C47H93NO4. The molecule has 0 fully saturated rings. The van der Waals surface area contributed by atoms with E-state index in [0.717, 1.165) is 38.5 Å². The van der Waals surface area contributed by atoms with Gasteiger partial charge in [-0.05, 0) is 38.5 Å². The Kier molecular flexibility index (Phi) is 42.1. The number of hydrogen-bond acceptors (Lipinski definition) is 4. The number of amides is 1. The maximum Gasteiger partial charge on any atom is 0.220 e. The summed E-state index contributed by atoms with van der Waals surface area (Å²) in [4.78, 5) is 12.4. The van der Waals surface area contributed by atoms with Gasteiger partial charge in [-0.25, -0.2) is 0 Å². The predicted molar refractivity (Wildman–Crippen MR) is 227 cm³/mol. The van der Waals surface area contributed by atoms with Crippen molar-refractivity contribution in [3.63, 3.8) is 0 Å². The number of hydrogen-bond donors (Lipinski definition) is 4. The molecule has 0 heterocycles. The molecule has 0 spiro atoms. The summed E-state index contributed by atoms with van der Waals surface area (Å²) < 4.78 is 0. The molecule has 5 heteroatoms.